The lowest BCUT2D eigenvalue weighted by atomic mass is 10.0. The van der Waals surface area contributed by atoms with Gasteiger partial charge in [-0.25, -0.2) is 0 Å². The highest BCUT2D eigenvalue weighted by atomic mass is 16.6. The van der Waals surface area contributed by atoms with E-state index in [2.05, 4.69) is 167 Å². The van der Waals surface area contributed by atoms with Gasteiger partial charge in [0.05, 0.1) is 0 Å². The zero-order valence-electron chi connectivity index (χ0n) is 53.2. The van der Waals surface area contributed by atoms with Crippen LogP contribution in [0.15, 0.2) is 146 Å². The maximum Gasteiger partial charge on any atom is 0.306 e. The first-order chi connectivity index (χ1) is 40.5. The van der Waals surface area contributed by atoms with Crippen molar-refractivity contribution in [2.75, 3.05) is 13.2 Å². The minimum absolute atomic E-state index is 0.101. The first kappa shape index (κ1) is 77.3. The van der Waals surface area contributed by atoms with Crippen LogP contribution in [0.3, 0.4) is 0 Å². The van der Waals surface area contributed by atoms with E-state index in [1.54, 1.807) is 0 Å². The Kier molecular flexibility index (Phi) is 64.8. The van der Waals surface area contributed by atoms with Gasteiger partial charge in [0.25, 0.3) is 0 Å². The van der Waals surface area contributed by atoms with Crippen LogP contribution in [0.4, 0.5) is 0 Å². The van der Waals surface area contributed by atoms with Gasteiger partial charge < -0.3 is 14.2 Å². The van der Waals surface area contributed by atoms with Crippen LogP contribution < -0.4 is 0 Å². The van der Waals surface area contributed by atoms with Gasteiger partial charge in [0.1, 0.15) is 13.2 Å². The van der Waals surface area contributed by atoms with Gasteiger partial charge in [-0.1, -0.05) is 301 Å². The molecule has 0 amide bonds. The number of carbonyl (C=O) groups is 3. The Morgan fingerprint density at radius 2 is 0.500 bits per heavy atom. The summed E-state index contributed by atoms with van der Waals surface area (Å²) < 4.78 is 16.9. The molecule has 1 atom stereocenters. The average Bonchev–Trinajstić information content (AvgIpc) is 3.47. The Labute approximate surface area is 506 Å². The maximum absolute atomic E-state index is 12.9. The van der Waals surface area contributed by atoms with E-state index in [0.717, 1.165) is 148 Å². The molecule has 0 spiro atoms. The quantitative estimate of drug-likeness (QED) is 0.0261. The van der Waals surface area contributed by atoms with Crippen molar-refractivity contribution in [1.29, 1.82) is 0 Å². The van der Waals surface area contributed by atoms with Crippen molar-refractivity contribution in [3.05, 3.63) is 146 Å². The van der Waals surface area contributed by atoms with Crippen molar-refractivity contribution in [3.8, 4) is 0 Å². The molecule has 464 valence electrons. The summed E-state index contributed by atoms with van der Waals surface area (Å²) >= 11 is 0. The maximum atomic E-state index is 12.9. The van der Waals surface area contributed by atoms with Gasteiger partial charge in [-0.15, -0.1) is 0 Å². The van der Waals surface area contributed by atoms with Crippen molar-refractivity contribution in [1.82, 2.24) is 0 Å². The van der Waals surface area contributed by atoms with E-state index in [0.29, 0.717) is 25.7 Å². The number of rotatable bonds is 60. The van der Waals surface area contributed by atoms with Gasteiger partial charge in [-0.3, -0.25) is 14.4 Å². The fourth-order valence-corrected chi connectivity index (χ4v) is 9.04. The van der Waals surface area contributed by atoms with Gasteiger partial charge in [0, 0.05) is 19.3 Å². The zero-order chi connectivity index (χ0) is 59.2. The molecule has 0 aromatic carbocycles. The third kappa shape index (κ3) is 66.1. The molecule has 1 unspecified atom stereocenters. The van der Waals surface area contributed by atoms with E-state index >= 15 is 0 Å². The molecular formula is C76H124O6. The Balaban J connectivity index is 4.39. The van der Waals surface area contributed by atoms with Gasteiger partial charge >= 0.3 is 17.9 Å². The Bertz CT molecular complexity index is 1780. The van der Waals surface area contributed by atoms with Gasteiger partial charge in [0.2, 0.25) is 0 Å². The summed E-state index contributed by atoms with van der Waals surface area (Å²) in [5.41, 5.74) is 0. The van der Waals surface area contributed by atoms with E-state index in [9.17, 15) is 14.4 Å². The molecule has 82 heavy (non-hydrogen) atoms. The molecule has 6 nitrogen and oxygen atoms in total. The third-order valence-electron chi connectivity index (χ3n) is 14.1. The molecule has 0 N–H and O–H groups in total. The van der Waals surface area contributed by atoms with E-state index in [1.165, 1.54) is 103 Å². The minimum atomic E-state index is -0.806. The van der Waals surface area contributed by atoms with Crippen molar-refractivity contribution in [2.24, 2.45) is 0 Å². The van der Waals surface area contributed by atoms with Crippen LogP contribution in [0.5, 0.6) is 0 Å². The monoisotopic (exact) mass is 1130 g/mol. The number of ether oxygens (including phenoxy) is 3. The van der Waals surface area contributed by atoms with Crippen molar-refractivity contribution in [3.63, 3.8) is 0 Å². The SMILES string of the molecule is CC/C=C\C/C=C\C/C=C\C/C=C\C/C=C\C/C=C\C/C=C\C/C=C\C/C=C\C/C=C\CCCCC(=O)OCC(COC(=O)CCCCCCC/C=C\C/C=C\CCC)OC(=O)CCCCCCCCCCCCCCCCCCCC. The summed E-state index contributed by atoms with van der Waals surface area (Å²) in [7, 11) is 0. The highest BCUT2D eigenvalue weighted by molar-refractivity contribution is 5.71. The van der Waals surface area contributed by atoms with Crippen LogP contribution in [0, 0.1) is 0 Å². The van der Waals surface area contributed by atoms with Crippen molar-refractivity contribution in [2.45, 2.75) is 303 Å². The van der Waals surface area contributed by atoms with E-state index in [4.69, 9.17) is 14.2 Å². The molecule has 0 saturated heterocycles. The fraction of sp³-hybridized carbons (Fsp3) is 0.645. The summed E-state index contributed by atoms with van der Waals surface area (Å²) in [6.07, 6.45) is 98.7. The van der Waals surface area contributed by atoms with Crippen LogP contribution in [0.1, 0.15) is 297 Å². The summed E-state index contributed by atoms with van der Waals surface area (Å²) in [6, 6.07) is 0. The van der Waals surface area contributed by atoms with E-state index in [1.807, 2.05) is 0 Å². The molecule has 0 aromatic heterocycles. The van der Waals surface area contributed by atoms with E-state index in [-0.39, 0.29) is 31.1 Å². The Morgan fingerprint density at radius 1 is 0.256 bits per heavy atom. The largest absolute Gasteiger partial charge is 0.462 e. The second-order valence-corrected chi connectivity index (χ2v) is 22.0. The van der Waals surface area contributed by atoms with Gasteiger partial charge in [-0.2, -0.15) is 0 Å². The predicted molar refractivity (Wildman–Crippen MR) is 357 cm³/mol. The molecule has 0 aromatic rings. The number of esters is 3. The number of hydrogen-bond donors (Lipinski definition) is 0. The average molecular weight is 1130 g/mol. The Hall–Kier alpha value is -4.71. The fourth-order valence-electron chi connectivity index (χ4n) is 9.04. The van der Waals surface area contributed by atoms with Crippen molar-refractivity contribution < 1.29 is 28.6 Å². The molecule has 0 fully saturated rings. The summed E-state index contributed by atoms with van der Waals surface area (Å²) in [5.74, 6) is -0.954. The molecule has 6 heteroatoms. The van der Waals surface area contributed by atoms with Crippen LogP contribution in [-0.4, -0.2) is 37.2 Å². The second kappa shape index (κ2) is 68.8. The standard InChI is InChI=1S/C76H124O6/c1-4-7-10-13-16-19-22-25-27-29-31-32-33-34-35-36-37-38-39-40-41-42-43-44-45-47-48-51-54-57-60-63-66-69-75(78)81-72-73(71-80-74(77)68-65-62-59-56-53-50-24-21-18-15-12-9-6-3)82-76(79)70-67-64-61-58-55-52-49-46-30-28-26-23-20-17-14-11-8-5-2/h7,10,12,15-16,19,21,24-25,27,31-32,34-35,37-38,40-41,43-44,47-48,54,57,73H,4-6,8-9,11,13-14,17-18,20,22-23,26,28-30,33,36,39,42,45-46,49-53,55-56,58-72H2,1-3H3/b10-7-,15-12-,19-16-,24-21-,27-25-,32-31-,35-34-,38-37-,41-40-,44-43-,48-47-,57-54-. The zero-order valence-corrected chi connectivity index (χ0v) is 53.2. The molecular weight excluding hydrogens is 1010 g/mol. The normalized spacial score (nSPS) is 13.1. The second-order valence-electron chi connectivity index (χ2n) is 22.0. The number of hydrogen-bond acceptors (Lipinski definition) is 6. The topological polar surface area (TPSA) is 78.9 Å². The molecule has 0 rings (SSSR count). The van der Waals surface area contributed by atoms with E-state index < -0.39 is 6.10 Å². The van der Waals surface area contributed by atoms with Crippen molar-refractivity contribution >= 4 is 17.9 Å². The smallest absolute Gasteiger partial charge is 0.306 e. The molecule has 0 radical (unpaired) electrons. The lowest BCUT2D eigenvalue weighted by molar-refractivity contribution is -0.167. The molecule has 0 aliphatic rings. The lowest BCUT2D eigenvalue weighted by Gasteiger charge is -2.18. The summed E-state index contributed by atoms with van der Waals surface area (Å²) in [6.45, 7) is 6.43. The molecule has 0 saturated carbocycles. The van der Waals surface area contributed by atoms with Gasteiger partial charge in [0.15, 0.2) is 6.10 Å². The van der Waals surface area contributed by atoms with Crippen LogP contribution in [0.25, 0.3) is 0 Å². The van der Waals surface area contributed by atoms with Crippen LogP contribution >= 0.6 is 0 Å². The molecule has 0 bridgehead atoms. The molecule has 0 aliphatic heterocycles. The number of unbranched alkanes of at least 4 members (excludes halogenated alkanes) is 25. The molecule has 0 aliphatic carbocycles. The highest BCUT2D eigenvalue weighted by Crippen LogP contribution is 2.16. The van der Waals surface area contributed by atoms with Crippen LogP contribution in [0.2, 0.25) is 0 Å². The predicted octanol–water partition coefficient (Wildman–Crippen LogP) is 23.5. The number of allylic oxidation sites excluding steroid dienone is 24. The van der Waals surface area contributed by atoms with Crippen LogP contribution in [-0.2, 0) is 28.6 Å². The molecule has 0 heterocycles. The minimum Gasteiger partial charge on any atom is -0.462 e. The van der Waals surface area contributed by atoms with Gasteiger partial charge in [-0.05, 0) is 122 Å². The third-order valence-corrected chi connectivity index (χ3v) is 14.1. The first-order valence-electron chi connectivity index (χ1n) is 33.8. The first-order valence-corrected chi connectivity index (χ1v) is 33.8. The highest BCUT2D eigenvalue weighted by Gasteiger charge is 2.19. The Morgan fingerprint density at radius 3 is 0.817 bits per heavy atom. The lowest BCUT2D eigenvalue weighted by Crippen LogP contribution is -2.30. The number of carbonyl (C=O) groups excluding carboxylic acids is 3. The summed E-state index contributed by atoms with van der Waals surface area (Å²) in [4.78, 5) is 38.3. The summed E-state index contributed by atoms with van der Waals surface area (Å²) in [5, 5.41) is 0.